The second kappa shape index (κ2) is 8.06. The molecule has 6 heteroatoms. The van der Waals surface area contributed by atoms with Gasteiger partial charge < -0.3 is 13.9 Å². The normalized spacial score (nSPS) is 43.0. The summed E-state index contributed by atoms with van der Waals surface area (Å²) in [6.45, 7) is 13.8. The van der Waals surface area contributed by atoms with Gasteiger partial charge in [-0.1, -0.05) is 46.3 Å². The van der Waals surface area contributed by atoms with Crippen LogP contribution in [0.5, 0.6) is 0 Å². The van der Waals surface area contributed by atoms with Crippen LogP contribution in [0.1, 0.15) is 92.1 Å². The van der Waals surface area contributed by atoms with E-state index in [2.05, 4.69) is 46.8 Å². The second-order valence-corrected chi connectivity index (χ2v) is 13.0. The molecule has 6 nitrogen and oxygen atoms in total. The van der Waals surface area contributed by atoms with E-state index in [0.29, 0.717) is 12.3 Å². The van der Waals surface area contributed by atoms with E-state index in [4.69, 9.17) is 13.9 Å². The Morgan fingerprint density at radius 3 is 2.25 bits per heavy atom. The highest BCUT2D eigenvalue weighted by Gasteiger charge is 2.71. The Hall–Kier alpha value is -2.37. The van der Waals surface area contributed by atoms with Gasteiger partial charge in [0.2, 0.25) is 0 Å². The zero-order chi connectivity index (χ0) is 26.3. The number of furan rings is 1. The van der Waals surface area contributed by atoms with Crippen LogP contribution in [0.15, 0.2) is 34.7 Å². The summed E-state index contributed by atoms with van der Waals surface area (Å²) in [5.41, 5.74) is 0.955. The molecule has 0 aromatic carbocycles. The standard InChI is InChI=1S/C30H40O6/c1-17(31)35-25-15-24(33)29(6)22-10-12-28(5)20(19-11-13-34-16-19)8-9-21(28)30(22,7)26(36-18(2)32)14-23(29)27(25,3)4/h9,11,13,16,20,22-23,25-26H,8,10,12,14-15H2,1-7H3/t20-,22+,23-,25+,26+,28-,29+,30-/m0/s1. The van der Waals surface area contributed by atoms with Crippen molar-refractivity contribution in [3.63, 3.8) is 0 Å². The van der Waals surface area contributed by atoms with Gasteiger partial charge in [0.15, 0.2) is 0 Å². The van der Waals surface area contributed by atoms with E-state index in [9.17, 15) is 14.4 Å². The van der Waals surface area contributed by atoms with Crippen molar-refractivity contribution < 1.29 is 28.3 Å². The number of hydrogen-bond donors (Lipinski definition) is 0. The van der Waals surface area contributed by atoms with Gasteiger partial charge in [0, 0.05) is 36.5 Å². The topological polar surface area (TPSA) is 82.8 Å². The molecule has 0 spiro atoms. The minimum atomic E-state index is -0.596. The molecule has 0 bridgehead atoms. The van der Waals surface area contributed by atoms with Gasteiger partial charge in [-0.2, -0.15) is 0 Å². The smallest absolute Gasteiger partial charge is 0.302 e. The molecule has 4 aliphatic carbocycles. The van der Waals surface area contributed by atoms with Crippen LogP contribution in [0, 0.1) is 33.5 Å². The number of esters is 2. The van der Waals surface area contributed by atoms with E-state index in [0.717, 1.165) is 19.3 Å². The average Bonchev–Trinajstić information content (AvgIpc) is 3.41. The second-order valence-electron chi connectivity index (χ2n) is 13.0. The predicted molar refractivity (Wildman–Crippen MR) is 134 cm³/mol. The summed E-state index contributed by atoms with van der Waals surface area (Å²) in [7, 11) is 0. The summed E-state index contributed by atoms with van der Waals surface area (Å²) in [6.07, 6.45) is 8.68. The highest BCUT2D eigenvalue weighted by Crippen LogP contribution is 2.73. The van der Waals surface area contributed by atoms with Crippen LogP contribution in [0.4, 0.5) is 0 Å². The van der Waals surface area contributed by atoms with Crippen LogP contribution < -0.4 is 0 Å². The molecule has 0 N–H and O–H groups in total. The highest BCUT2D eigenvalue weighted by atomic mass is 16.5. The molecular formula is C30H40O6. The lowest BCUT2D eigenvalue weighted by atomic mass is 9.37. The first-order valence-corrected chi connectivity index (χ1v) is 13.4. The van der Waals surface area contributed by atoms with Crippen LogP contribution >= 0.6 is 0 Å². The van der Waals surface area contributed by atoms with Gasteiger partial charge in [0.25, 0.3) is 0 Å². The maximum atomic E-state index is 14.0. The Kier molecular flexibility index (Phi) is 5.66. The molecule has 196 valence electrons. The fourth-order valence-electron chi connectivity index (χ4n) is 9.34. The molecular weight excluding hydrogens is 456 g/mol. The number of Topliss-reactive ketones (excluding diaryl/α,β-unsaturated/α-hetero) is 1. The molecule has 0 radical (unpaired) electrons. The number of fused-ring (bicyclic) bond motifs is 5. The first-order chi connectivity index (χ1) is 16.8. The van der Waals surface area contributed by atoms with E-state index in [1.54, 1.807) is 6.26 Å². The minimum Gasteiger partial charge on any atom is -0.472 e. The van der Waals surface area contributed by atoms with Gasteiger partial charge in [-0.3, -0.25) is 14.4 Å². The molecule has 0 aliphatic heterocycles. The van der Waals surface area contributed by atoms with Crippen molar-refractivity contribution in [2.75, 3.05) is 0 Å². The molecule has 0 saturated heterocycles. The third kappa shape index (κ3) is 3.24. The minimum absolute atomic E-state index is 0.0283. The third-order valence-corrected chi connectivity index (χ3v) is 11.0. The number of ketones is 1. The molecule has 0 amide bonds. The molecule has 1 aromatic heterocycles. The largest absolute Gasteiger partial charge is 0.472 e. The fraction of sp³-hybridized carbons (Fsp3) is 0.700. The van der Waals surface area contributed by atoms with E-state index in [1.807, 2.05) is 6.26 Å². The van der Waals surface area contributed by atoms with Gasteiger partial charge in [0.1, 0.15) is 18.0 Å². The average molecular weight is 497 g/mol. The maximum Gasteiger partial charge on any atom is 0.302 e. The summed E-state index contributed by atoms with van der Waals surface area (Å²) in [5.74, 6) is -0.230. The number of carbonyl (C=O) groups is 3. The highest BCUT2D eigenvalue weighted by molar-refractivity contribution is 5.88. The number of hydrogen-bond acceptors (Lipinski definition) is 6. The summed E-state index contributed by atoms with van der Waals surface area (Å²) in [4.78, 5) is 38.4. The third-order valence-electron chi connectivity index (χ3n) is 11.0. The fourth-order valence-corrected chi connectivity index (χ4v) is 9.34. The molecule has 0 unspecified atom stereocenters. The quantitative estimate of drug-likeness (QED) is 0.377. The number of ether oxygens (including phenoxy) is 2. The summed E-state index contributed by atoms with van der Waals surface area (Å²) in [6, 6.07) is 2.06. The molecule has 3 saturated carbocycles. The first-order valence-electron chi connectivity index (χ1n) is 13.4. The lowest BCUT2D eigenvalue weighted by Gasteiger charge is -2.67. The van der Waals surface area contributed by atoms with Crippen LogP contribution in [0.2, 0.25) is 0 Å². The van der Waals surface area contributed by atoms with Crippen molar-refractivity contribution in [2.24, 2.45) is 33.5 Å². The maximum absolute atomic E-state index is 14.0. The Balaban J connectivity index is 1.62. The van der Waals surface area contributed by atoms with E-state index in [1.165, 1.54) is 25.0 Å². The Labute approximate surface area is 214 Å². The van der Waals surface area contributed by atoms with Crippen LogP contribution in [-0.2, 0) is 23.9 Å². The molecule has 8 atom stereocenters. The van der Waals surface area contributed by atoms with Crippen molar-refractivity contribution in [1.29, 1.82) is 0 Å². The van der Waals surface area contributed by atoms with Crippen molar-refractivity contribution in [2.45, 2.75) is 98.7 Å². The number of carbonyl (C=O) groups excluding carboxylic acids is 3. The van der Waals surface area contributed by atoms with Gasteiger partial charge in [0.05, 0.1) is 12.5 Å². The summed E-state index contributed by atoms with van der Waals surface area (Å²) in [5, 5.41) is 0. The lowest BCUT2D eigenvalue weighted by Crippen LogP contribution is -2.68. The summed E-state index contributed by atoms with van der Waals surface area (Å²) >= 11 is 0. The number of rotatable bonds is 3. The summed E-state index contributed by atoms with van der Waals surface area (Å²) < 4.78 is 17.3. The molecule has 36 heavy (non-hydrogen) atoms. The Morgan fingerprint density at radius 1 is 0.972 bits per heavy atom. The monoisotopic (exact) mass is 496 g/mol. The molecule has 4 aliphatic rings. The van der Waals surface area contributed by atoms with Crippen LogP contribution in [-0.4, -0.2) is 29.9 Å². The van der Waals surface area contributed by atoms with Gasteiger partial charge in [-0.15, -0.1) is 0 Å². The van der Waals surface area contributed by atoms with Gasteiger partial charge >= 0.3 is 11.9 Å². The van der Waals surface area contributed by atoms with E-state index >= 15 is 0 Å². The lowest BCUT2D eigenvalue weighted by molar-refractivity contribution is -0.219. The molecule has 1 heterocycles. The zero-order valence-corrected chi connectivity index (χ0v) is 22.7. The molecule has 1 aromatic rings. The van der Waals surface area contributed by atoms with E-state index in [-0.39, 0.29) is 47.5 Å². The molecule has 5 rings (SSSR count). The van der Waals surface area contributed by atoms with Crippen molar-refractivity contribution in [3.05, 3.63) is 35.8 Å². The van der Waals surface area contributed by atoms with Crippen LogP contribution in [0.3, 0.4) is 0 Å². The Bertz CT molecular complexity index is 1110. The predicted octanol–water partition coefficient (Wildman–Crippen LogP) is 6.00. The first kappa shape index (κ1) is 25.3. The van der Waals surface area contributed by atoms with Gasteiger partial charge in [-0.05, 0) is 60.5 Å². The zero-order valence-electron chi connectivity index (χ0n) is 22.7. The van der Waals surface area contributed by atoms with E-state index < -0.39 is 22.3 Å². The van der Waals surface area contributed by atoms with Crippen molar-refractivity contribution >= 4 is 17.7 Å². The molecule has 3 fully saturated rings. The van der Waals surface area contributed by atoms with Crippen molar-refractivity contribution in [3.8, 4) is 0 Å². The van der Waals surface area contributed by atoms with Crippen LogP contribution in [0.25, 0.3) is 0 Å². The van der Waals surface area contributed by atoms with Gasteiger partial charge in [-0.25, -0.2) is 0 Å². The Morgan fingerprint density at radius 2 is 1.64 bits per heavy atom. The van der Waals surface area contributed by atoms with Crippen molar-refractivity contribution in [1.82, 2.24) is 0 Å². The SMILES string of the molecule is CC(=O)O[C@@H]1CC(=O)[C@]2(C)[C@H]3CC[C@]4(C)C(=CC[C@H]4c4ccoc4)[C@]3(C)[C@H](OC(C)=O)C[C@H]2C1(C)C. The number of allylic oxidation sites excluding steroid dienone is 1.